The Morgan fingerprint density at radius 1 is 1.55 bits per heavy atom. The van der Waals surface area contributed by atoms with Gasteiger partial charge in [0.25, 0.3) is 0 Å². The van der Waals surface area contributed by atoms with Crippen LogP contribution in [-0.2, 0) is 4.79 Å². The van der Waals surface area contributed by atoms with Crippen molar-refractivity contribution in [2.75, 3.05) is 0 Å². The van der Waals surface area contributed by atoms with E-state index in [1.54, 1.807) is 6.08 Å². The second-order valence-electron chi connectivity index (χ2n) is 2.33. The summed E-state index contributed by atoms with van der Waals surface area (Å²) < 4.78 is 0. The molecule has 0 fully saturated rings. The van der Waals surface area contributed by atoms with Gasteiger partial charge in [-0.25, -0.2) is 0 Å². The van der Waals surface area contributed by atoms with Crippen molar-refractivity contribution in [3.8, 4) is 0 Å². The zero-order valence-corrected chi connectivity index (χ0v) is 7.08. The van der Waals surface area contributed by atoms with Crippen molar-refractivity contribution in [3.05, 3.63) is 36.5 Å². The highest BCUT2D eigenvalue weighted by Gasteiger charge is 2.01. The minimum atomic E-state index is -0.0378. The molecule has 0 aliphatic carbocycles. The highest BCUT2D eigenvalue weighted by atomic mass is 16.1. The number of aldehydes is 1. The molecule has 0 aromatic carbocycles. The van der Waals surface area contributed by atoms with Crippen LogP contribution >= 0.6 is 0 Å². The van der Waals surface area contributed by atoms with E-state index < -0.39 is 0 Å². The molecule has 0 heterocycles. The summed E-state index contributed by atoms with van der Waals surface area (Å²) in [7, 11) is 0. The maximum Gasteiger partial charge on any atom is 0.127 e. The van der Waals surface area contributed by atoms with Gasteiger partial charge in [0, 0.05) is 5.92 Å². The van der Waals surface area contributed by atoms with Crippen LogP contribution in [-0.4, -0.2) is 6.29 Å². The summed E-state index contributed by atoms with van der Waals surface area (Å²) in [5.74, 6) is -0.0378. The Balaban J connectivity index is 4.45. The molecule has 0 saturated carbocycles. The van der Waals surface area contributed by atoms with Crippen LogP contribution in [0.2, 0.25) is 0 Å². The Kier molecular flexibility index (Phi) is 5.09. The normalized spacial score (nSPS) is 14.9. The average Bonchev–Trinajstić information content (AvgIpc) is 2.03. The maximum atomic E-state index is 10.4. The predicted octanol–water partition coefficient (Wildman–Crippen LogP) is 2.51. The number of carbonyl (C=O) groups excluding carboxylic acids is 1. The fraction of sp³-hybridized carbons (Fsp3) is 0.300. The van der Waals surface area contributed by atoms with Gasteiger partial charge < -0.3 is 4.79 Å². The summed E-state index contributed by atoms with van der Waals surface area (Å²) in [5.41, 5.74) is 0.998. The highest BCUT2D eigenvalue weighted by molar-refractivity contribution is 5.60. The lowest BCUT2D eigenvalue weighted by molar-refractivity contribution is -0.109. The van der Waals surface area contributed by atoms with E-state index in [0.29, 0.717) is 0 Å². The minimum Gasteiger partial charge on any atom is -0.303 e. The van der Waals surface area contributed by atoms with Crippen LogP contribution in [0.3, 0.4) is 0 Å². The zero-order chi connectivity index (χ0) is 8.69. The van der Waals surface area contributed by atoms with Crippen molar-refractivity contribution in [2.24, 2.45) is 5.92 Å². The van der Waals surface area contributed by atoms with Crippen LogP contribution in [0.1, 0.15) is 13.8 Å². The van der Waals surface area contributed by atoms with Gasteiger partial charge in [0.1, 0.15) is 6.29 Å². The molecular weight excluding hydrogens is 136 g/mol. The fourth-order valence-electron chi connectivity index (χ4n) is 0.766. The van der Waals surface area contributed by atoms with Gasteiger partial charge in [0.2, 0.25) is 0 Å². The third-order valence-electron chi connectivity index (χ3n) is 1.40. The van der Waals surface area contributed by atoms with E-state index in [9.17, 15) is 4.79 Å². The van der Waals surface area contributed by atoms with Crippen LogP contribution in [0.15, 0.2) is 36.5 Å². The molecule has 0 aliphatic rings. The molecule has 0 saturated heterocycles. The van der Waals surface area contributed by atoms with Crippen molar-refractivity contribution in [1.29, 1.82) is 0 Å². The van der Waals surface area contributed by atoms with Crippen molar-refractivity contribution < 1.29 is 4.79 Å². The van der Waals surface area contributed by atoms with E-state index in [2.05, 4.69) is 6.58 Å². The van der Waals surface area contributed by atoms with Gasteiger partial charge in [-0.1, -0.05) is 37.8 Å². The molecule has 0 amide bonds. The number of carbonyl (C=O) groups is 1. The third-order valence-corrected chi connectivity index (χ3v) is 1.40. The molecule has 1 nitrogen and oxygen atoms in total. The van der Waals surface area contributed by atoms with E-state index >= 15 is 0 Å². The first-order chi connectivity index (χ1) is 5.26. The van der Waals surface area contributed by atoms with Gasteiger partial charge in [-0.15, -0.1) is 0 Å². The van der Waals surface area contributed by atoms with Crippen molar-refractivity contribution in [2.45, 2.75) is 13.8 Å². The summed E-state index contributed by atoms with van der Waals surface area (Å²) in [6.07, 6.45) is 8.29. The number of hydrogen-bond acceptors (Lipinski definition) is 1. The van der Waals surface area contributed by atoms with Crippen LogP contribution in [0, 0.1) is 5.92 Å². The third kappa shape index (κ3) is 3.56. The molecule has 11 heavy (non-hydrogen) atoms. The fourth-order valence-corrected chi connectivity index (χ4v) is 0.766. The molecule has 0 aliphatic heterocycles. The molecule has 1 atom stereocenters. The Labute approximate surface area is 68.1 Å². The second-order valence-corrected chi connectivity index (χ2v) is 2.33. The van der Waals surface area contributed by atoms with E-state index in [1.807, 2.05) is 32.1 Å². The average molecular weight is 150 g/mol. The number of allylic oxidation sites excluding steroid dienone is 5. The van der Waals surface area contributed by atoms with E-state index in [4.69, 9.17) is 0 Å². The van der Waals surface area contributed by atoms with Crippen molar-refractivity contribution in [3.63, 3.8) is 0 Å². The van der Waals surface area contributed by atoms with Gasteiger partial charge >= 0.3 is 0 Å². The topological polar surface area (TPSA) is 17.1 Å². The molecule has 0 aromatic rings. The Hall–Kier alpha value is -1.11. The molecular formula is C10H14O. The smallest absolute Gasteiger partial charge is 0.127 e. The van der Waals surface area contributed by atoms with Crippen LogP contribution in [0.5, 0.6) is 0 Å². The molecule has 60 valence electrons. The largest absolute Gasteiger partial charge is 0.303 e. The van der Waals surface area contributed by atoms with Crippen LogP contribution < -0.4 is 0 Å². The lowest BCUT2D eigenvalue weighted by Crippen LogP contribution is -1.97. The molecule has 1 heteroatoms. The number of hydrogen-bond donors (Lipinski definition) is 0. The van der Waals surface area contributed by atoms with E-state index in [-0.39, 0.29) is 5.92 Å². The van der Waals surface area contributed by atoms with Gasteiger partial charge in [0.05, 0.1) is 0 Å². The lowest BCUT2D eigenvalue weighted by Gasteiger charge is -2.02. The van der Waals surface area contributed by atoms with Gasteiger partial charge in [-0.2, -0.15) is 0 Å². The molecule has 0 bridgehead atoms. The van der Waals surface area contributed by atoms with Crippen molar-refractivity contribution in [1.82, 2.24) is 0 Å². The zero-order valence-electron chi connectivity index (χ0n) is 7.08. The van der Waals surface area contributed by atoms with Gasteiger partial charge in [-0.3, -0.25) is 0 Å². The van der Waals surface area contributed by atoms with E-state index in [0.717, 1.165) is 11.9 Å². The molecule has 0 rings (SSSR count). The molecule has 0 spiro atoms. The van der Waals surface area contributed by atoms with Crippen LogP contribution in [0.4, 0.5) is 0 Å². The minimum absolute atomic E-state index is 0.0378. The standard InChI is InChI=1S/C10H14O/c1-4-6-10(7-5-2)9(3)8-11/h4-9H,1H2,2-3H3/b7-5-,10-6+. The van der Waals surface area contributed by atoms with Crippen LogP contribution in [0.25, 0.3) is 0 Å². The summed E-state index contributed by atoms with van der Waals surface area (Å²) in [5, 5.41) is 0. The Bertz CT molecular complexity index is 187. The summed E-state index contributed by atoms with van der Waals surface area (Å²) in [6.45, 7) is 7.36. The molecule has 0 N–H and O–H groups in total. The van der Waals surface area contributed by atoms with Gasteiger partial charge in [-0.05, 0) is 12.5 Å². The SMILES string of the molecule is C=C/C=C(\C=C/C)C(C)C=O. The monoisotopic (exact) mass is 150 g/mol. The summed E-state index contributed by atoms with van der Waals surface area (Å²) in [4.78, 5) is 10.4. The molecule has 0 aromatic heterocycles. The quantitative estimate of drug-likeness (QED) is 0.444. The second kappa shape index (κ2) is 5.66. The highest BCUT2D eigenvalue weighted by Crippen LogP contribution is 2.09. The molecule has 1 unspecified atom stereocenters. The van der Waals surface area contributed by atoms with Crippen molar-refractivity contribution >= 4 is 6.29 Å². The maximum absolute atomic E-state index is 10.4. The van der Waals surface area contributed by atoms with Gasteiger partial charge in [0.15, 0.2) is 0 Å². The Morgan fingerprint density at radius 3 is 2.55 bits per heavy atom. The molecule has 0 radical (unpaired) electrons. The first-order valence-corrected chi connectivity index (χ1v) is 3.66. The number of rotatable bonds is 4. The van der Waals surface area contributed by atoms with E-state index in [1.165, 1.54) is 0 Å². The first kappa shape index (κ1) is 9.89. The Morgan fingerprint density at radius 2 is 2.18 bits per heavy atom. The summed E-state index contributed by atoms with van der Waals surface area (Å²) in [6, 6.07) is 0. The predicted molar refractivity (Wildman–Crippen MR) is 48.3 cm³/mol. The summed E-state index contributed by atoms with van der Waals surface area (Å²) >= 11 is 0. The first-order valence-electron chi connectivity index (χ1n) is 3.66. The lowest BCUT2D eigenvalue weighted by atomic mass is 10.0.